The molecule has 0 spiro atoms. The number of nitrogens with one attached hydrogen (secondary N) is 1. The summed E-state index contributed by atoms with van der Waals surface area (Å²) in [4.78, 5) is 40.5. The van der Waals surface area contributed by atoms with Gasteiger partial charge in [0.15, 0.2) is 0 Å². The molecule has 2 aliphatic rings. The number of benzene rings is 1. The van der Waals surface area contributed by atoms with E-state index in [-0.39, 0.29) is 35.8 Å². The number of hydrogen-bond donors (Lipinski definition) is 1. The summed E-state index contributed by atoms with van der Waals surface area (Å²) >= 11 is 0. The van der Waals surface area contributed by atoms with Gasteiger partial charge in [0.25, 0.3) is 0 Å². The van der Waals surface area contributed by atoms with Crippen molar-refractivity contribution in [2.24, 2.45) is 5.92 Å². The van der Waals surface area contributed by atoms with Crippen molar-refractivity contribution in [1.29, 1.82) is 0 Å². The highest BCUT2D eigenvalue weighted by molar-refractivity contribution is 5.87. The topological polar surface area (TPSA) is 79.0 Å². The van der Waals surface area contributed by atoms with Crippen LogP contribution in [0.3, 0.4) is 0 Å². The molecule has 34 heavy (non-hydrogen) atoms. The van der Waals surface area contributed by atoms with E-state index in [0.717, 1.165) is 12.1 Å². The number of piperidine rings is 2. The standard InChI is InChI=1S/C24H30F3N3O4/c1-3-4-21(31)28-20-13-18(16-5-7-19(8-6-16)24(25,26)27)14-30(15-20)23(33)29-11-9-17(10-12-29)22(32)34-2/h3-8,17-18,20H,9-15H2,1-2H3,(H,28,31)/b4-3+. The van der Waals surface area contributed by atoms with Gasteiger partial charge in [-0.1, -0.05) is 18.2 Å². The Kier molecular flexibility index (Phi) is 8.22. The van der Waals surface area contributed by atoms with Gasteiger partial charge in [-0.25, -0.2) is 4.79 Å². The van der Waals surface area contributed by atoms with Crippen molar-refractivity contribution in [3.05, 3.63) is 47.5 Å². The minimum Gasteiger partial charge on any atom is -0.469 e. The molecule has 3 rings (SSSR count). The summed E-state index contributed by atoms with van der Waals surface area (Å²) in [6.45, 7) is 3.18. The summed E-state index contributed by atoms with van der Waals surface area (Å²) in [5.74, 6) is -1.03. The quantitative estimate of drug-likeness (QED) is 0.527. The second-order valence-electron chi connectivity index (χ2n) is 8.73. The van der Waals surface area contributed by atoms with Crippen molar-refractivity contribution in [3.8, 4) is 0 Å². The predicted octanol–water partition coefficient (Wildman–Crippen LogP) is 3.56. The lowest BCUT2D eigenvalue weighted by Gasteiger charge is -2.41. The van der Waals surface area contributed by atoms with Gasteiger partial charge in [-0.3, -0.25) is 9.59 Å². The third-order valence-electron chi connectivity index (χ3n) is 6.39. The number of rotatable bonds is 4. The van der Waals surface area contributed by atoms with Gasteiger partial charge in [-0.2, -0.15) is 13.2 Å². The van der Waals surface area contributed by atoms with Crippen molar-refractivity contribution in [3.63, 3.8) is 0 Å². The molecule has 0 aliphatic carbocycles. The van der Waals surface area contributed by atoms with Gasteiger partial charge in [0.1, 0.15) is 0 Å². The molecule has 2 saturated heterocycles. The largest absolute Gasteiger partial charge is 0.469 e. The Morgan fingerprint density at radius 3 is 2.26 bits per heavy atom. The Hall–Kier alpha value is -3.04. The van der Waals surface area contributed by atoms with Gasteiger partial charge < -0.3 is 19.9 Å². The summed E-state index contributed by atoms with van der Waals surface area (Å²) in [5.41, 5.74) is -0.0495. The zero-order valence-corrected chi connectivity index (χ0v) is 19.3. The van der Waals surface area contributed by atoms with E-state index in [4.69, 9.17) is 4.74 Å². The highest BCUT2D eigenvalue weighted by Crippen LogP contribution is 2.33. The molecule has 1 aromatic carbocycles. The second kappa shape index (κ2) is 10.9. The van der Waals surface area contributed by atoms with E-state index in [0.29, 0.717) is 51.0 Å². The van der Waals surface area contributed by atoms with Crippen LogP contribution in [0.5, 0.6) is 0 Å². The average Bonchev–Trinajstić information content (AvgIpc) is 2.82. The number of methoxy groups -OCH3 is 1. The Balaban J connectivity index is 1.74. The van der Waals surface area contributed by atoms with Gasteiger partial charge in [0.05, 0.1) is 18.6 Å². The lowest BCUT2D eigenvalue weighted by molar-refractivity contribution is -0.146. The third-order valence-corrected chi connectivity index (χ3v) is 6.39. The molecule has 7 nitrogen and oxygen atoms in total. The maximum atomic E-state index is 13.3. The third kappa shape index (κ3) is 6.30. The summed E-state index contributed by atoms with van der Waals surface area (Å²) in [7, 11) is 1.34. The van der Waals surface area contributed by atoms with Gasteiger partial charge in [0.2, 0.25) is 5.91 Å². The summed E-state index contributed by atoms with van der Waals surface area (Å²) in [5, 5.41) is 2.89. The van der Waals surface area contributed by atoms with E-state index >= 15 is 0 Å². The van der Waals surface area contributed by atoms with E-state index < -0.39 is 11.7 Å². The summed E-state index contributed by atoms with van der Waals surface area (Å²) in [6.07, 6.45) is 0.104. The molecule has 0 radical (unpaired) electrons. The Morgan fingerprint density at radius 2 is 1.71 bits per heavy atom. The minimum atomic E-state index is -4.42. The fraction of sp³-hybridized carbons (Fsp3) is 0.542. The Morgan fingerprint density at radius 1 is 1.06 bits per heavy atom. The molecule has 2 heterocycles. The van der Waals surface area contributed by atoms with E-state index in [1.165, 1.54) is 25.3 Å². The Labute approximate surface area is 196 Å². The first-order valence-electron chi connectivity index (χ1n) is 11.3. The van der Waals surface area contributed by atoms with E-state index in [1.54, 1.807) is 22.8 Å². The molecule has 0 bridgehead atoms. The van der Waals surface area contributed by atoms with E-state index in [1.807, 2.05) is 0 Å². The number of allylic oxidation sites excluding steroid dienone is 1. The lowest BCUT2D eigenvalue weighted by atomic mass is 9.87. The van der Waals surface area contributed by atoms with Crippen LogP contribution in [-0.4, -0.2) is 67.0 Å². The van der Waals surface area contributed by atoms with Crippen molar-refractivity contribution in [2.45, 2.75) is 44.3 Å². The molecule has 10 heteroatoms. The molecule has 186 valence electrons. The first kappa shape index (κ1) is 25.6. The van der Waals surface area contributed by atoms with Crippen LogP contribution in [0.2, 0.25) is 0 Å². The van der Waals surface area contributed by atoms with Crippen molar-refractivity contribution in [1.82, 2.24) is 15.1 Å². The molecule has 2 fully saturated rings. The number of amides is 3. The highest BCUT2D eigenvalue weighted by atomic mass is 19.4. The smallest absolute Gasteiger partial charge is 0.416 e. The van der Waals surface area contributed by atoms with Crippen molar-refractivity contribution in [2.75, 3.05) is 33.3 Å². The van der Waals surface area contributed by atoms with Crippen LogP contribution in [0.15, 0.2) is 36.4 Å². The molecule has 2 unspecified atom stereocenters. The monoisotopic (exact) mass is 481 g/mol. The average molecular weight is 482 g/mol. The van der Waals surface area contributed by atoms with Crippen molar-refractivity contribution >= 4 is 17.9 Å². The van der Waals surface area contributed by atoms with Crippen LogP contribution < -0.4 is 5.32 Å². The fourth-order valence-electron chi connectivity index (χ4n) is 4.62. The molecular weight excluding hydrogens is 451 g/mol. The number of hydrogen-bond acceptors (Lipinski definition) is 4. The van der Waals surface area contributed by atoms with Gasteiger partial charge in [0, 0.05) is 38.1 Å². The number of carbonyl (C=O) groups is 3. The number of ether oxygens (including phenoxy) is 1. The first-order valence-corrected chi connectivity index (χ1v) is 11.3. The molecular formula is C24H30F3N3O4. The number of halogens is 3. The molecule has 3 amide bonds. The molecule has 0 aromatic heterocycles. The number of carbonyl (C=O) groups excluding carboxylic acids is 3. The SMILES string of the molecule is C/C=C/C(=O)NC1CC(c2ccc(C(F)(F)F)cc2)CN(C(=O)N2CCC(C(=O)OC)CC2)C1. The lowest BCUT2D eigenvalue weighted by Crippen LogP contribution is -2.56. The number of urea groups is 1. The molecule has 1 aromatic rings. The van der Waals surface area contributed by atoms with Crippen LogP contribution >= 0.6 is 0 Å². The molecule has 0 saturated carbocycles. The van der Waals surface area contributed by atoms with Crippen LogP contribution in [-0.2, 0) is 20.5 Å². The summed E-state index contributed by atoms with van der Waals surface area (Å²) < 4.78 is 43.7. The first-order chi connectivity index (χ1) is 16.1. The van der Waals surface area contributed by atoms with Crippen LogP contribution in [0, 0.1) is 5.92 Å². The highest BCUT2D eigenvalue weighted by Gasteiger charge is 2.36. The zero-order chi connectivity index (χ0) is 24.9. The van der Waals surface area contributed by atoms with Crippen LogP contribution in [0.4, 0.5) is 18.0 Å². The fourth-order valence-corrected chi connectivity index (χ4v) is 4.62. The van der Waals surface area contributed by atoms with Crippen LogP contribution in [0.25, 0.3) is 0 Å². The number of esters is 1. The molecule has 1 N–H and O–H groups in total. The van der Waals surface area contributed by atoms with Crippen molar-refractivity contribution < 1.29 is 32.3 Å². The van der Waals surface area contributed by atoms with Gasteiger partial charge in [-0.15, -0.1) is 0 Å². The van der Waals surface area contributed by atoms with E-state index in [9.17, 15) is 27.6 Å². The molecule has 2 aliphatic heterocycles. The van der Waals surface area contributed by atoms with Gasteiger partial charge in [-0.05, 0) is 50.0 Å². The number of alkyl halides is 3. The predicted molar refractivity (Wildman–Crippen MR) is 119 cm³/mol. The normalized spacial score (nSPS) is 22.0. The van der Waals surface area contributed by atoms with Gasteiger partial charge >= 0.3 is 18.2 Å². The minimum absolute atomic E-state index is 0.204. The maximum absolute atomic E-state index is 13.3. The zero-order valence-electron chi connectivity index (χ0n) is 19.3. The van der Waals surface area contributed by atoms with Crippen LogP contribution in [0.1, 0.15) is 43.2 Å². The van der Waals surface area contributed by atoms with E-state index in [2.05, 4.69) is 5.32 Å². The maximum Gasteiger partial charge on any atom is 0.416 e. The Bertz CT molecular complexity index is 909. The number of nitrogens with zero attached hydrogens (tertiary/aromatic N) is 2. The second-order valence-corrected chi connectivity index (χ2v) is 8.73. The summed E-state index contributed by atoms with van der Waals surface area (Å²) in [6, 6.07) is 4.41. The number of likely N-dealkylation sites (tertiary alicyclic amines) is 2. The molecule has 2 atom stereocenters.